The predicted octanol–water partition coefficient (Wildman–Crippen LogP) is 3.17. The van der Waals surface area contributed by atoms with E-state index in [9.17, 15) is 4.79 Å². The Labute approximate surface area is 131 Å². The summed E-state index contributed by atoms with van der Waals surface area (Å²) < 4.78 is 8.45. The molecular weight excluding hydrogens is 336 g/mol. The zero-order valence-corrected chi connectivity index (χ0v) is 13.3. The molecule has 1 heterocycles. The summed E-state index contributed by atoms with van der Waals surface area (Å²) in [5.74, 6) is -0.250. The lowest BCUT2D eigenvalue weighted by molar-refractivity contribution is -0.131. The molecule has 0 aliphatic carbocycles. The monoisotopic (exact) mass is 350 g/mol. The highest BCUT2D eigenvalue weighted by Crippen LogP contribution is 2.22. The summed E-state index contributed by atoms with van der Waals surface area (Å²) in [7, 11) is 1.87. The maximum atomic E-state index is 10.4. The highest BCUT2D eigenvalue weighted by Gasteiger charge is 2.10. The Balaban J connectivity index is 2.02. The molecule has 0 saturated heterocycles. The molecule has 0 unspecified atom stereocenters. The molecule has 0 aliphatic heterocycles. The van der Waals surface area contributed by atoms with Crippen molar-refractivity contribution in [3.8, 4) is 5.75 Å². The molecule has 0 radical (unpaired) electrons. The van der Waals surface area contributed by atoms with Crippen LogP contribution < -0.4 is 4.74 Å². The van der Waals surface area contributed by atoms with Gasteiger partial charge >= 0.3 is 5.97 Å². The quantitative estimate of drug-likeness (QED) is 0.841. The van der Waals surface area contributed by atoms with Gasteiger partial charge in [0, 0.05) is 13.1 Å². The highest BCUT2D eigenvalue weighted by atomic mass is 79.9. The van der Waals surface area contributed by atoms with Crippen LogP contribution in [0.5, 0.6) is 5.75 Å². The second kappa shape index (κ2) is 6.58. The number of ether oxygens (including phenoxy) is 1. The first-order valence-electron chi connectivity index (χ1n) is 6.29. The van der Waals surface area contributed by atoms with Gasteiger partial charge in [-0.3, -0.25) is 4.68 Å². The molecule has 1 aromatic heterocycles. The summed E-state index contributed by atoms with van der Waals surface area (Å²) in [6.07, 6.45) is 2.64. The number of rotatable bonds is 5. The van der Waals surface area contributed by atoms with Gasteiger partial charge in [-0.2, -0.15) is 5.10 Å². The van der Waals surface area contributed by atoms with Crippen LogP contribution in [0.3, 0.4) is 0 Å². The maximum Gasteiger partial charge on any atom is 0.328 e. The largest absolute Gasteiger partial charge is 0.487 e. The molecule has 110 valence electrons. The third-order valence-corrected chi connectivity index (χ3v) is 3.97. The molecule has 0 aliphatic rings. The number of halogens is 1. The fourth-order valence-corrected chi connectivity index (χ4v) is 2.28. The van der Waals surface area contributed by atoms with Crippen LogP contribution in [-0.4, -0.2) is 20.9 Å². The number of aliphatic carboxylic acids is 1. The molecule has 21 heavy (non-hydrogen) atoms. The lowest BCUT2D eigenvalue weighted by Crippen LogP contribution is -2.03. The summed E-state index contributed by atoms with van der Waals surface area (Å²) in [4.78, 5) is 10.4. The summed E-state index contributed by atoms with van der Waals surface area (Å²) in [5.41, 5.74) is 2.69. The molecule has 1 aromatic carbocycles. The molecule has 1 N–H and O–H groups in total. The van der Waals surface area contributed by atoms with Crippen LogP contribution >= 0.6 is 15.9 Å². The fraction of sp³-hybridized carbons (Fsp3) is 0.200. The first-order valence-corrected chi connectivity index (χ1v) is 7.08. The number of carboxylic acid groups (broad SMARTS) is 1. The molecule has 5 nitrogen and oxygen atoms in total. The number of carboxylic acids is 1. The molecule has 0 amide bonds. The number of aromatic nitrogens is 2. The molecule has 0 spiro atoms. The Bertz CT molecular complexity index is 675. The van der Waals surface area contributed by atoms with E-state index in [4.69, 9.17) is 9.84 Å². The molecule has 0 saturated carbocycles. The second-order valence-electron chi connectivity index (χ2n) is 4.50. The van der Waals surface area contributed by atoms with Gasteiger partial charge in [0.15, 0.2) is 0 Å². The van der Waals surface area contributed by atoms with Crippen LogP contribution in [0.4, 0.5) is 0 Å². The second-order valence-corrected chi connectivity index (χ2v) is 5.29. The Hall–Kier alpha value is -2.08. The lowest BCUT2D eigenvalue weighted by Gasteiger charge is -2.07. The number of aryl methyl sites for hydroxylation is 2. The molecule has 2 rings (SSSR count). The number of benzene rings is 1. The van der Waals surface area contributed by atoms with Crippen LogP contribution in [0.15, 0.2) is 34.8 Å². The summed E-state index contributed by atoms with van der Waals surface area (Å²) in [6, 6.07) is 7.22. The van der Waals surface area contributed by atoms with E-state index in [1.807, 2.05) is 14.0 Å². The first kappa shape index (κ1) is 15.3. The van der Waals surface area contributed by atoms with Crippen molar-refractivity contribution in [2.75, 3.05) is 0 Å². The van der Waals surface area contributed by atoms with Gasteiger partial charge in [0.25, 0.3) is 0 Å². The zero-order chi connectivity index (χ0) is 15.4. The topological polar surface area (TPSA) is 64.4 Å². The molecular formula is C15H15BrN2O3. The number of carbonyl (C=O) groups is 1. The van der Waals surface area contributed by atoms with Crippen molar-refractivity contribution in [3.05, 3.63) is 51.8 Å². The average molecular weight is 351 g/mol. The zero-order valence-electron chi connectivity index (χ0n) is 11.7. The van der Waals surface area contributed by atoms with Crippen LogP contribution in [0.2, 0.25) is 0 Å². The van der Waals surface area contributed by atoms with E-state index >= 15 is 0 Å². The van der Waals surface area contributed by atoms with E-state index in [0.717, 1.165) is 27.5 Å². The smallest absolute Gasteiger partial charge is 0.328 e. The van der Waals surface area contributed by atoms with E-state index in [-0.39, 0.29) is 0 Å². The number of nitrogens with zero attached hydrogens (tertiary/aromatic N) is 2. The molecule has 0 bridgehead atoms. The minimum absolute atomic E-state index is 0.405. The van der Waals surface area contributed by atoms with Crippen molar-refractivity contribution < 1.29 is 14.6 Å². The fourth-order valence-electron chi connectivity index (χ4n) is 1.83. The van der Waals surface area contributed by atoms with E-state index in [0.29, 0.717) is 12.4 Å². The van der Waals surface area contributed by atoms with Crippen LogP contribution in [0.25, 0.3) is 6.08 Å². The predicted molar refractivity (Wildman–Crippen MR) is 83.1 cm³/mol. The van der Waals surface area contributed by atoms with Gasteiger partial charge in [-0.05, 0) is 46.6 Å². The van der Waals surface area contributed by atoms with Crippen molar-refractivity contribution in [2.24, 2.45) is 7.05 Å². The van der Waals surface area contributed by atoms with Gasteiger partial charge in [-0.1, -0.05) is 12.1 Å². The van der Waals surface area contributed by atoms with E-state index in [1.54, 1.807) is 28.9 Å². The Morgan fingerprint density at radius 3 is 2.62 bits per heavy atom. The van der Waals surface area contributed by atoms with Crippen molar-refractivity contribution in [2.45, 2.75) is 13.5 Å². The Morgan fingerprint density at radius 2 is 2.10 bits per heavy atom. The van der Waals surface area contributed by atoms with Crippen LogP contribution in [0, 0.1) is 6.92 Å². The van der Waals surface area contributed by atoms with Crippen molar-refractivity contribution >= 4 is 28.0 Å². The van der Waals surface area contributed by atoms with Gasteiger partial charge in [0.05, 0.1) is 15.9 Å². The summed E-state index contributed by atoms with van der Waals surface area (Å²) in [5, 5.41) is 12.9. The average Bonchev–Trinajstić information content (AvgIpc) is 2.69. The van der Waals surface area contributed by atoms with E-state index in [2.05, 4.69) is 21.0 Å². The normalized spacial score (nSPS) is 11.0. The van der Waals surface area contributed by atoms with Gasteiger partial charge in [-0.15, -0.1) is 0 Å². The number of hydrogen-bond donors (Lipinski definition) is 1. The van der Waals surface area contributed by atoms with Crippen molar-refractivity contribution in [1.82, 2.24) is 9.78 Å². The summed E-state index contributed by atoms with van der Waals surface area (Å²) >= 11 is 3.49. The maximum absolute atomic E-state index is 10.4. The third-order valence-electron chi connectivity index (χ3n) is 2.94. The van der Waals surface area contributed by atoms with Gasteiger partial charge in [0.2, 0.25) is 0 Å². The standard InChI is InChI=1S/C15H15BrN2O3/c1-10-15(16)13(18(2)17-10)9-21-12-6-3-11(4-7-12)5-8-14(19)20/h3-8H,9H2,1-2H3,(H,19,20). The first-order chi connectivity index (χ1) is 9.97. The molecule has 6 heteroatoms. The van der Waals surface area contributed by atoms with Crippen LogP contribution in [-0.2, 0) is 18.4 Å². The molecule has 0 fully saturated rings. The summed E-state index contributed by atoms with van der Waals surface area (Å²) in [6.45, 7) is 2.33. The SMILES string of the molecule is Cc1nn(C)c(COc2ccc(C=CC(=O)O)cc2)c1Br. The Kier molecular flexibility index (Phi) is 4.80. The van der Waals surface area contributed by atoms with Gasteiger partial charge < -0.3 is 9.84 Å². The van der Waals surface area contributed by atoms with Gasteiger partial charge in [-0.25, -0.2) is 4.79 Å². The van der Waals surface area contributed by atoms with E-state index < -0.39 is 5.97 Å². The van der Waals surface area contributed by atoms with Gasteiger partial charge in [0.1, 0.15) is 12.4 Å². The lowest BCUT2D eigenvalue weighted by atomic mass is 10.2. The molecule has 2 aromatic rings. The van der Waals surface area contributed by atoms with Crippen LogP contribution in [0.1, 0.15) is 17.0 Å². The third kappa shape index (κ3) is 3.95. The highest BCUT2D eigenvalue weighted by molar-refractivity contribution is 9.10. The Morgan fingerprint density at radius 1 is 1.43 bits per heavy atom. The minimum Gasteiger partial charge on any atom is -0.487 e. The molecule has 0 atom stereocenters. The minimum atomic E-state index is -0.966. The van der Waals surface area contributed by atoms with E-state index in [1.165, 1.54) is 6.08 Å². The van der Waals surface area contributed by atoms with Crippen molar-refractivity contribution in [3.63, 3.8) is 0 Å². The number of hydrogen-bond acceptors (Lipinski definition) is 3. The van der Waals surface area contributed by atoms with Crippen molar-refractivity contribution in [1.29, 1.82) is 0 Å².